The van der Waals surface area contributed by atoms with E-state index in [1.165, 1.54) is 33.7 Å². The highest BCUT2D eigenvalue weighted by atomic mass is 35.5. The molecular weight excluding hydrogens is 516 g/mol. The van der Waals surface area contributed by atoms with Crippen LogP contribution in [0.25, 0.3) is 10.9 Å². The molecular formula is C22H23ClN4O6S2. The Balaban J connectivity index is 1.41. The standard InChI is InChI=1S/C22H23ClN4O6S2/c1-32-20(28)10-15-11-26(35(30,31)19-9-13-8-14(23)2-3-16(13)24-19)5-6-27(15)22(29)21-25-17-4-7-33-12-18(17)34-21/h2-3,8-9,15,24H,4-7,10-12H2,1H3. The molecule has 4 heterocycles. The number of sulfonamides is 1. The highest BCUT2D eigenvalue weighted by molar-refractivity contribution is 7.89. The number of carbonyl (C=O) groups excluding carboxylic acids is 2. The molecule has 35 heavy (non-hydrogen) atoms. The van der Waals surface area contributed by atoms with Crippen LogP contribution in [0.5, 0.6) is 0 Å². The number of rotatable bonds is 5. The Bertz CT molecular complexity index is 1380. The number of benzene rings is 1. The monoisotopic (exact) mass is 538 g/mol. The lowest BCUT2D eigenvalue weighted by molar-refractivity contribution is -0.142. The zero-order valence-corrected chi connectivity index (χ0v) is 21.2. The molecule has 5 rings (SSSR count). The molecule has 0 aliphatic carbocycles. The number of H-pyrrole nitrogens is 1. The van der Waals surface area contributed by atoms with Gasteiger partial charge in [0.05, 0.1) is 43.4 Å². The molecule has 3 aromatic rings. The number of hydrogen-bond donors (Lipinski definition) is 1. The fourth-order valence-electron chi connectivity index (χ4n) is 4.36. The lowest BCUT2D eigenvalue weighted by atomic mass is 10.1. The van der Waals surface area contributed by atoms with E-state index >= 15 is 0 Å². The smallest absolute Gasteiger partial charge is 0.307 e. The lowest BCUT2D eigenvalue weighted by Crippen LogP contribution is -2.57. The minimum atomic E-state index is -3.91. The van der Waals surface area contributed by atoms with Gasteiger partial charge in [-0.25, -0.2) is 13.4 Å². The summed E-state index contributed by atoms with van der Waals surface area (Å²) in [7, 11) is -2.65. The van der Waals surface area contributed by atoms with E-state index in [0.717, 1.165) is 10.6 Å². The summed E-state index contributed by atoms with van der Waals surface area (Å²) in [6.07, 6.45) is 0.511. The summed E-state index contributed by atoms with van der Waals surface area (Å²) in [6.45, 7) is 1.13. The molecule has 1 N–H and O–H groups in total. The average molecular weight is 539 g/mol. The molecule has 1 unspecified atom stereocenters. The van der Waals surface area contributed by atoms with Gasteiger partial charge in [-0.1, -0.05) is 11.6 Å². The second-order valence-corrected chi connectivity index (χ2v) is 11.8. The van der Waals surface area contributed by atoms with Gasteiger partial charge in [0, 0.05) is 42.0 Å². The van der Waals surface area contributed by atoms with Crippen molar-refractivity contribution in [2.45, 2.75) is 30.5 Å². The first-order chi connectivity index (χ1) is 16.8. The van der Waals surface area contributed by atoms with Crippen molar-refractivity contribution in [1.82, 2.24) is 19.2 Å². The maximum atomic E-state index is 13.4. The maximum absolute atomic E-state index is 13.4. The molecule has 2 aliphatic heterocycles. The Kier molecular flexibility index (Phi) is 6.57. The number of aromatic nitrogens is 2. The first-order valence-corrected chi connectivity index (χ1v) is 13.6. The Morgan fingerprint density at radius 3 is 2.91 bits per heavy atom. The fourth-order valence-corrected chi connectivity index (χ4v) is 7.02. The number of nitrogens with one attached hydrogen (secondary N) is 1. The number of esters is 1. The predicted molar refractivity (Wildman–Crippen MR) is 129 cm³/mol. The van der Waals surface area contributed by atoms with E-state index in [2.05, 4.69) is 9.97 Å². The number of fused-ring (bicyclic) bond motifs is 2. The van der Waals surface area contributed by atoms with Gasteiger partial charge in [-0.15, -0.1) is 11.3 Å². The van der Waals surface area contributed by atoms with Crippen LogP contribution in [0.3, 0.4) is 0 Å². The zero-order chi connectivity index (χ0) is 24.7. The predicted octanol–water partition coefficient (Wildman–Crippen LogP) is 2.43. The van der Waals surface area contributed by atoms with Crippen molar-refractivity contribution >= 4 is 55.7 Å². The maximum Gasteiger partial charge on any atom is 0.307 e. The largest absolute Gasteiger partial charge is 0.469 e. The van der Waals surface area contributed by atoms with Crippen molar-refractivity contribution in [2.75, 3.05) is 33.4 Å². The number of halogens is 1. The Hall–Kier alpha value is -2.51. The summed E-state index contributed by atoms with van der Waals surface area (Å²) in [6, 6.07) is 5.91. The molecule has 2 aliphatic rings. The molecule has 0 spiro atoms. The molecule has 13 heteroatoms. The molecule has 1 fully saturated rings. The van der Waals surface area contributed by atoms with Crippen molar-refractivity contribution in [2.24, 2.45) is 0 Å². The number of carbonyl (C=O) groups is 2. The summed E-state index contributed by atoms with van der Waals surface area (Å²) in [4.78, 5) is 35.4. The van der Waals surface area contributed by atoms with Gasteiger partial charge in [-0.3, -0.25) is 9.59 Å². The average Bonchev–Trinajstić information content (AvgIpc) is 3.48. The summed E-state index contributed by atoms with van der Waals surface area (Å²) in [5.41, 5.74) is 1.50. The second kappa shape index (κ2) is 9.51. The summed E-state index contributed by atoms with van der Waals surface area (Å²) >= 11 is 7.31. The second-order valence-electron chi connectivity index (χ2n) is 8.35. The molecule has 0 radical (unpaired) electrons. The first-order valence-electron chi connectivity index (χ1n) is 11.0. The van der Waals surface area contributed by atoms with E-state index < -0.39 is 22.0 Å². The highest BCUT2D eigenvalue weighted by Crippen LogP contribution is 2.29. The minimum absolute atomic E-state index is 0.0268. The zero-order valence-electron chi connectivity index (χ0n) is 18.8. The molecule has 186 valence electrons. The van der Waals surface area contributed by atoms with Crippen LogP contribution in [0.1, 0.15) is 26.8 Å². The van der Waals surface area contributed by atoms with Gasteiger partial charge in [-0.2, -0.15) is 4.31 Å². The highest BCUT2D eigenvalue weighted by Gasteiger charge is 2.39. The lowest BCUT2D eigenvalue weighted by Gasteiger charge is -2.39. The fraction of sp³-hybridized carbons (Fsp3) is 0.409. The van der Waals surface area contributed by atoms with Gasteiger partial charge in [0.15, 0.2) is 5.01 Å². The molecule has 0 saturated carbocycles. The molecule has 1 amide bonds. The number of methoxy groups -OCH3 is 1. The Labute approximate surface area is 210 Å². The van der Waals surface area contributed by atoms with E-state index in [4.69, 9.17) is 21.1 Å². The third-order valence-corrected chi connectivity index (χ3v) is 9.27. The Morgan fingerprint density at radius 1 is 1.31 bits per heavy atom. The summed E-state index contributed by atoms with van der Waals surface area (Å²) in [5, 5.41) is 1.52. The SMILES string of the molecule is COC(=O)CC1CN(S(=O)(=O)c2cc3cc(Cl)ccc3[nH]2)CCN1C(=O)c1nc2c(s1)COCC2. The van der Waals surface area contributed by atoms with Crippen LogP contribution in [-0.4, -0.2) is 78.9 Å². The molecule has 1 atom stereocenters. The third-order valence-electron chi connectivity index (χ3n) is 6.19. The van der Waals surface area contributed by atoms with Crippen LogP contribution in [0.15, 0.2) is 29.3 Å². The van der Waals surface area contributed by atoms with Crippen molar-refractivity contribution in [1.29, 1.82) is 0 Å². The Morgan fingerprint density at radius 2 is 2.14 bits per heavy atom. The number of piperazine rings is 1. The number of ether oxygens (including phenoxy) is 2. The van der Waals surface area contributed by atoms with E-state index in [1.54, 1.807) is 18.2 Å². The summed E-state index contributed by atoms with van der Waals surface area (Å²) in [5.74, 6) is -0.852. The number of amides is 1. The number of hydrogen-bond acceptors (Lipinski definition) is 8. The molecule has 0 bridgehead atoms. The van der Waals surface area contributed by atoms with Crippen LogP contribution >= 0.6 is 22.9 Å². The van der Waals surface area contributed by atoms with Crippen molar-refractivity contribution in [3.63, 3.8) is 0 Å². The molecule has 1 saturated heterocycles. The van der Waals surface area contributed by atoms with Gasteiger partial charge in [0.25, 0.3) is 15.9 Å². The normalized spacial score (nSPS) is 19.0. The van der Waals surface area contributed by atoms with Gasteiger partial charge in [0.1, 0.15) is 5.03 Å². The van der Waals surface area contributed by atoms with Gasteiger partial charge >= 0.3 is 5.97 Å². The van der Waals surface area contributed by atoms with E-state index in [-0.39, 0.29) is 37.0 Å². The van der Waals surface area contributed by atoms with E-state index in [9.17, 15) is 18.0 Å². The van der Waals surface area contributed by atoms with Crippen LogP contribution in [-0.2, 0) is 37.3 Å². The topological polar surface area (TPSA) is 122 Å². The van der Waals surface area contributed by atoms with Gasteiger partial charge in [0.2, 0.25) is 0 Å². The van der Waals surface area contributed by atoms with Crippen LogP contribution in [0.2, 0.25) is 5.02 Å². The van der Waals surface area contributed by atoms with E-state index in [0.29, 0.717) is 40.6 Å². The molecule has 10 nitrogen and oxygen atoms in total. The molecule has 1 aromatic carbocycles. The van der Waals surface area contributed by atoms with Gasteiger partial charge < -0.3 is 19.4 Å². The number of aromatic amines is 1. The minimum Gasteiger partial charge on any atom is -0.469 e. The van der Waals surface area contributed by atoms with Crippen LogP contribution in [0.4, 0.5) is 0 Å². The number of thiazole rings is 1. The van der Waals surface area contributed by atoms with Crippen molar-refractivity contribution in [3.8, 4) is 0 Å². The van der Waals surface area contributed by atoms with Crippen molar-refractivity contribution < 1.29 is 27.5 Å². The summed E-state index contributed by atoms with van der Waals surface area (Å²) < 4.78 is 38.4. The molecule has 2 aromatic heterocycles. The van der Waals surface area contributed by atoms with Gasteiger partial charge in [-0.05, 0) is 24.3 Å². The van der Waals surface area contributed by atoms with Crippen LogP contribution < -0.4 is 0 Å². The van der Waals surface area contributed by atoms with E-state index in [1.807, 2.05) is 0 Å². The number of nitrogens with zero attached hydrogens (tertiary/aromatic N) is 3. The third kappa shape index (κ3) is 4.68. The quantitative estimate of drug-likeness (QED) is 0.495. The van der Waals surface area contributed by atoms with Crippen molar-refractivity contribution in [3.05, 3.63) is 44.9 Å². The first kappa shape index (κ1) is 24.2. The van der Waals surface area contributed by atoms with Crippen LogP contribution in [0, 0.1) is 0 Å².